The predicted molar refractivity (Wildman–Crippen MR) is 93.0 cm³/mol. The van der Waals surface area contributed by atoms with Gasteiger partial charge in [-0.3, -0.25) is 4.90 Å². The van der Waals surface area contributed by atoms with Gasteiger partial charge in [0.05, 0.1) is 13.2 Å². The molecule has 29 heavy (non-hydrogen) atoms. The van der Waals surface area contributed by atoms with Gasteiger partial charge >= 0.3 is 0 Å². The van der Waals surface area contributed by atoms with Crippen LogP contribution in [0.5, 0.6) is 0 Å². The lowest BCUT2D eigenvalue weighted by Crippen LogP contribution is -2.61. The summed E-state index contributed by atoms with van der Waals surface area (Å²) in [7, 11) is 0. The van der Waals surface area contributed by atoms with Crippen molar-refractivity contribution in [1.82, 2.24) is 4.90 Å². The summed E-state index contributed by atoms with van der Waals surface area (Å²) in [4.78, 5) is 1.69. The Labute approximate surface area is 167 Å². The van der Waals surface area contributed by atoms with Crippen LogP contribution in [0.1, 0.15) is 19.3 Å². The molecule has 0 aliphatic carbocycles. The van der Waals surface area contributed by atoms with Gasteiger partial charge in [-0.15, -0.1) is 0 Å². The van der Waals surface area contributed by atoms with Gasteiger partial charge in [-0.05, 0) is 12.8 Å². The fraction of sp³-hybridized carbons (Fsp3) is 1.00. The molecule has 8 N–H and O–H groups in total. The average Bonchev–Trinajstić information content (AvgIpc) is 2.99. The molecule has 12 heteroatoms. The summed E-state index contributed by atoms with van der Waals surface area (Å²) in [6, 6.07) is 0. The monoisotopic (exact) mass is 425 g/mol. The lowest BCUT2D eigenvalue weighted by molar-refractivity contribution is -0.321. The Bertz CT molecular complexity index is 534. The molecule has 0 saturated carbocycles. The normalized spacial score (nSPS) is 48.0. The van der Waals surface area contributed by atoms with Crippen molar-refractivity contribution in [3.63, 3.8) is 0 Å². The SMILES string of the molecule is OCC1OC(O[C@@H]2C([C@@H](O)N3CCCCC3)O[C@](O)(CO)[C@H]2O)[C@H](O)[C@@H](O)[C@@H]1O. The van der Waals surface area contributed by atoms with Crippen LogP contribution in [-0.4, -0.2) is 133 Å². The molecule has 0 spiro atoms. The van der Waals surface area contributed by atoms with Crippen molar-refractivity contribution in [1.29, 1.82) is 0 Å². The molecule has 3 aliphatic heterocycles. The van der Waals surface area contributed by atoms with E-state index in [0.29, 0.717) is 13.1 Å². The standard InChI is InChI=1S/C17H31NO11/c19-6-8-9(21)10(22)11(23)16(27-8)28-12-13(29-17(26,7-20)14(12)24)15(25)18-4-2-1-3-5-18/h8-16,19-26H,1-7H2/t8?,9-,10+,11-,12-,13?,14+,15-,16?,17-/m1/s1. The number of ether oxygens (including phenoxy) is 3. The van der Waals surface area contributed by atoms with Gasteiger partial charge in [0.25, 0.3) is 0 Å². The van der Waals surface area contributed by atoms with Crippen molar-refractivity contribution in [3.8, 4) is 0 Å². The summed E-state index contributed by atoms with van der Waals surface area (Å²) < 4.78 is 16.2. The molecular weight excluding hydrogens is 394 g/mol. The zero-order chi connectivity index (χ0) is 21.3. The third-order valence-electron chi connectivity index (χ3n) is 5.86. The van der Waals surface area contributed by atoms with Crippen LogP contribution in [0.3, 0.4) is 0 Å². The van der Waals surface area contributed by atoms with Gasteiger partial charge in [-0.25, -0.2) is 0 Å². The van der Waals surface area contributed by atoms with E-state index in [-0.39, 0.29) is 0 Å². The van der Waals surface area contributed by atoms with Gasteiger partial charge in [0.2, 0.25) is 5.79 Å². The number of aliphatic hydroxyl groups excluding tert-OH is 7. The van der Waals surface area contributed by atoms with Crippen LogP contribution in [0.4, 0.5) is 0 Å². The zero-order valence-corrected chi connectivity index (χ0v) is 15.9. The van der Waals surface area contributed by atoms with E-state index in [0.717, 1.165) is 19.3 Å². The van der Waals surface area contributed by atoms with Crippen molar-refractivity contribution >= 4 is 0 Å². The van der Waals surface area contributed by atoms with Crippen LogP contribution in [0.15, 0.2) is 0 Å². The molecule has 170 valence electrons. The van der Waals surface area contributed by atoms with Gasteiger partial charge in [0.1, 0.15) is 49.0 Å². The molecule has 0 bridgehead atoms. The maximum atomic E-state index is 10.8. The minimum absolute atomic E-state index is 0.557. The highest BCUT2D eigenvalue weighted by Gasteiger charge is 2.59. The smallest absolute Gasteiger partial charge is 0.219 e. The van der Waals surface area contributed by atoms with E-state index >= 15 is 0 Å². The Morgan fingerprint density at radius 1 is 1.00 bits per heavy atom. The van der Waals surface area contributed by atoms with Crippen LogP contribution in [0, 0.1) is 0 Å². The van der Waals surface area contributed by atoms with E-state index in [1.165, 1.54) is 0 Å². The number of hydrogen-bond donors (Lipinski definition) is 8. The van der Waals surface area contributed by atoms with E-state index < -0.39 is 74.2 Å². The summed E-state index contributed by atoms with van der Waals surface area (Å²) >= 11 is 0. The summed E-state index contributed by atoms with van der Waals surface area (Å²) in [5.74, 6) is -2.42. The second kappa shape index (κ2) is 9.34. The van der Waals surface area contributed by atoms with Gasteiger partial charge in [0.15, 0.2) is 6.29 Å². The van der Waals surface area contributed by atoms with Crippen LogP contribution in [0.25, 0.3) is 0 Å². The highest BCUT2D eigenvalue weighted by atomic mass is 16.7. The largest absolute Gasteiger partial charge is 0.394 e. The number of rotatable bonds is 6. The van der Waals surface area contributed by atoms with Gasteiger partial charge < -0.3 is 55.1 Å². The number of hydrogen-bond acceptors (Lipinski definition) is 12. The molecule has 0 aromatic heterocycles. The van der Waals surface area contributed by atoms with Crippen molar-refractivity contribution in [3.05, 3.63) is 0 Å². The van der Waals surface area contributed by atoms with E-state index in [1.54, 1.807) is 4.90 Å². The minimum atomic E-state index is -2.42. The summed E-state index contributed by atoms with van der Waals surface area (Å²) in [5.41, 5.74) is 0. The highest BCUT2D eigenvalue weighted by Crippen LogP contribution is 2.36. The van der Waals surface area contributed by atoms with E-state index in [4.69, 9.17) is 14.2 Å². The lowest BCUT2D eigenvalue weighted by Gasteiger charge is -2.42. The van der Waals surface area contributed by atoms with Crippen molar-refractivity contribution < 1.29 is 55.1 Å². The van der Waals surface area contributed by atoms with Crippen LogP contribution in [0.2, 0.25) is 0 Å². The maximum absolute atomic E-state index is 10.8. The molecule has 0 aromatic carbocycles. The summed E-state index contributed by atoms with van der Waals surface area (Å²) in [5, 5.41) is 80.4. The summed E-state index contributed by atoms with van der Waals surface area (Å²) in [6.07, 6.45) is -11.1. The van der Waals surface area contributed by atoms with E-state index in [1.807, 2.05) is 0 Å². The maximum Gasteiger partial charge on any atom is 0.219 e. The van der Waals surface area contributed by atoms with Crippen molar-refractivity contribution in [2.75, 3.05) is 26.3 Å². The van der Waals surface area contributed by atoms with E-state index in [9.17, 15) is 40.9 Å². The Morgan fingerprint density at radius 2 is 1.66 bits per heavy atom. The molecule has 0 amide bonds. The fourth-order valence-electron chi connectivity index (χ4n) is 4.05. The second-order valence-corrected chi connectivity index (χ2v) is 7.84. The van der Waals surface area contributed by atoms with Crippen molar-refractivity contribution in [2.24, 2.45) is 0 Å². The summed E-state index contributed by atoms with van der Waals surface area (Å²) in [6.45, 7) is -0.538. The fourth-order valence-corrected chi connectivity index (χ4v) is 4.05. The molecule has 10 atom stereocenters. The minimum Gasteiger partial charge on any atom is -0.394 e. The Hall–Kier alpha value is -0.480. The third-order valence-corrected chi connectivity index (χ3v) is 5.86. The molecule has 3 aliphatic rings. The molecule has 12 nitrogen and oxygen atoms in total. The van der Waals surface area contributed by atoms with Crippen molar-refractivity contribution in [2.45, 2.75) is 80.3 Å². The van der Waals surface area contributed by atoms with Crippen LogP contribution < -0.4 is 0 Å². The van der Waals surface area contributed by atoms with Crippen LogP contribution >= 0.6 is 0 Å². The number of nitrogens with zero attached hydrogens (tertiary/aromatic N) is 1. The molecule has 0 radical (unpaired) electrons. The Kier molecular flexibility index (Phi) is 7.47. The predicted octanol–water partition coefficient (Wildman–Crippen LogP) is -4.58. The first-order valence-electron chi connectivity index (χ1n) is 9.80. The molecule has 3 heterocycles. The quantitative estimate of drug-likeness (QED) is 0.203. The zero-order valence-electron chi connectivity index (χ0n) is 15.9. The average molecular weight is 425 g/mol. The first kappa shape index (κ1) is 23.2. The second-order valence-electron chi connectivity index (χ2n) is 7.84. The molecule has 3 fully saturated rings. The van der Waals surface area contributed by atoms with Gasteiger partial charge in [0, 0.05) is 13.1 Å². The van der Waals surface area contributed by atoms with Gasteiger partial charge in [-0.2, -0.15) is 0 Å². The number of piperidine rings is 1. The molecule has 3 unspecified atom stereocenters. The Balaban J connectivity index is 1.79. The highest BCUT2D eigenvalue weighted by molar-refractivity contribution is 5.00. The topological polar surface area (TPSA) is 193 Å². The number of likely N-dealkylation sites (tertiary alicyclic amines) is 1. The molecule has 3 saturated heterocycles. The lowest BCUT2D eigenvalue weighted by atomic mass is 9.98. The van der Waals surface area contributed by atoms with Crippen LogP contribution in [-0.2, 0) is 14.2 Å². The van der Waals surface area contributed by atoms with Gasteiger partial charge in [-0.1, -0.05) is 6.42 Å². The third kappa shape index (κ3) is 4.44. The first-order valence-corrected chi connectivity index (χ1v) is 9.80. The molecular formula is C17H31NO11. The van der Waals surface area contributed by atoms with E-state index in [2.05, 4.69) is 0 Å². The molecule has 0 aromatic rings. The first-order chi connectivity index (χ1) is 13.7. The molecule has 3 rings (SSSR count). The number of aliphatic hydroxyl groups is 8. The Morgan fingerprint density at radius 3 is 2.24 bits per heavy atom.